The number of halogens is 1. The normalized spacial score (nSPS) is 10.5. The van der Waals surface area contributed by atoms with Crippen LogP contribution < -0.4 is 4.74 Å². The minimum absolute atomic E-state index is 0.0579. The average molecular weight is 301 g/mol. The summed E-state index contributed by atoms with van der Waals surface area (Å²) >= 11 is 6.14. The van der Waals surface area contributed by atoms with Gasteiger partial charge in [-0.2, -0.15) is 0 Å². The Kier molecular flexibility index (Phi) is 3.41. The van der Waals surface area contributed by atoms with Gasteiger partial charge in [0.1, 0.15) is 5.75 Å². The van der Waals surface area contributed by atoms with Crippen LogP contribution in [-0.4, -0.2) is 21.0 Å². The Morgan fingerprint density at radius 1 is 1.05 bits per heavy atom. The van der Waals surface area contributed by atoms with E-state index >= 15 is 0 Å². The molecule has 3 aromatic rings. The molecule has 0 radical (unpaired) electrons. The second-order valence-electron chi connectivity index (χ2n) is 4.21. The van der Waals surface area contributed by atoms with Crippen LogP contribution in [0.15, 0.2) is 48.8 Å². The van der Waals surface area contributed by atoms with Gasteiger partial charge in [0.05, 0.1) is 0 Å². The number of ether oxygens (including phenoxy) is 1. The molecule has 0 saturated carbocycles. The zero-order chi connectivity index (χ0) is 14.8. The van der Waals surface area contributed by atoms with Crippen molar-refractivity contribution in [2.45, 2.75) is 0 Å². The van der Waals surface area contributed by atoms with E-state index in [1.54, 1.807) is 12.1 Å². The zero-order valence-electron chi connectivity index (χ0n) is 10.7. The van der Waals surface area contributed by atoms with Crippen LogP contribution in [0.4, 0.5) is 0 Å². The fourth-order valence-corrected chi connectivity index (χ4v) is 2.20. The van der Waals surface area contributed by atoms with Gasteiger partial charge in [-0.15, -0.1) is 0 Å². The Bertz CT molecular complexity index is 836. The first-order chi connectivity index (χ1) is 10.2. The molecule has 21 heavy (non-hydrogen) atoms. The number of fused-ring (bicyclic) bond motifs is 1. The molecule has 1 N–H and O–H groups in total. The number of hydrogen-bond acceptors (Lipinski definition) is 4. The molecule has 104 valence electrons. The number of rotatable bonds is 3. The quantitative estimate of drug-likeness (QED) is 0.797. The fraction of sp³-hybridized carbons (Fsp3) is 0. The van der Waals surface area contributed by atoms with Crippen molar-refractivity contribution in [2.24, 2.45) is 0 Å². The summed E-state index contributed by atoms with van der Waals surface area (Å²) in [6, 6.07) is 10.8. The monoisotopic (exact) mass is 300 g/mol. The maximum atomic E-state index is 11.1. The van der Waals surface area contributed by atoms with Gasteiger partial charge in [0, 0.05) is 28.2 Å². The van der Waals surface area contributed by atoms with E-state index in [4.69, 9.17) is 21.4 Å². The van der Waals surface area contributed by atoms with Gasteiger partial charge in [0.15, 0.2) is 0 Å². The van der Waals surface area contributed by atoms with E-state index in [9.17, 15) is 4.79 Å². The molecule has 0 aliphatic rings. The molecule has 0 spiro atoms. The van der Waals surface area contributed by atoms with Crippen molar-refractivity contribution in [3.8, 4) is 11.6 Å². The predicted molar refractivity (Wildman–Crippen MR) is 78.0 cm³/mol. The molecule has 0 aliphatic carbocycles. The van der Waals surface area contributed by atoms with Crippen LogP contribution >= 0.6 is 11.6 Å². The predicted octanol–water partition coefficient (Wildman–Crippen LogP) is 3.77. The van der Waals surface area contributed by atoms with Gasteiger partial charge in [0.25, 0.3) is 5.88 Å². The van der Waals surface area contributed by atoms with E-state index in [2.05, 4.69) is 9.97 Å². The Labute approximate surface area is 124 Å². The molecule has 3 rings (SSSR count). The third-order valence-electron chi connectivity index (χ3n) is 2.90. The summed E-state index contributed by atoms with van der Waals surface area (Å²) in [7, 11) is 0. The van der Waals surface area contributed by atoms with Gasteiger partial charge < -0.3 is 9.84 Å². The molecule has 0 bridgehead atoms. The summed E-state index contributed by atoms with van der Waals surface area (Å²) in [6.07, 6.45) is 2.68. The Morgan fingerprint density at radius 2 is 1.76 bits per heavy atom. The van der Waals surface area contributed by atoms with Crippen molar-refractivity contribution in [3.05, 3.63) is 59.5 Å². The lowest BCUT2D eigenvalue weighted by molar-refractivity contribution is 0.0686. The SMILES string of the molecule is O=C(O)c1nccnc1Oc1ccc(Cl)c2ccccc12. The van der Waals surface area contributed by atoms with Gasteiger partial charge in [0.2, 0.25) is 5.69 Å². The second kappa shape index (κ2) is 5.38. The maximum Gasteiger partial charge on any atom is 0.360 e. The molecule has 0 aliphatic heterocycles. The van der Waals surface area contributed by atoms with E-state index in [1.165, 1.54) is 12.4 Å². The van der Waals surface area contributed by atoms with Crippen LogP contribution in [0.25, 0.3) is 10.8 Å². The molecular formula is C15H9ClN2O3. The van der Waals surface area contributed by atoms with Gasteiger partial charge >= 0.3 is 5.97 Å². The first-order valence-electron chi connectivity index (χ1n) is 6.06. The van der Waals surface area contributed by atoms with E-state index in [1.807, 2.05) is 24.3 Å². The summed E-state index contributed by atoms with van der Waals surface area (Å²) in [6.45, 7) is 0. The summed E-state index contributed by atoms with van der Waals surface area (Å²) in [5.74, 6) is -0.785. The first-order valence-corrected chi connectivity index (χ1v) is 6.44. The molecule has 0 amide bonds. The number of nitrogens with zero attached hydrogens (tertiary/aromatic N) is 2. The Morgan fingerprint density at radius 3 is 2.52 bits per heavy atom. The molecular weight excluding hydrogens is 292 g/mol. The summed E-state index contributed by atoms with van der Waals surface area (Å²) in [5.41, 5.74) is -0.239. The minimum Gasteiger partial charge on any atom is -0.476 e. The van der Waals surface area contributed by atoms with Crippen molar-refractivity contribution in [1.82, 2.24) is 9.97 Å². The number of aromatic carboxylic acids is 1. The number of benzene rings is 2. The van der Waals surface area contributed by atoms with Gasteiger partial charge in [-0.25, -0.2) is 14.8 Å². The van der Waals surface area contributed by atoms with Gasteiger partial charge in [-0.05, 0) is 12.1 Å². The Hall–Kier alpha value is -2.66. The summed E-state index contributed by atoms with van der Waals surface area (Å²) in [4.78, 5) is 18.8. The zero-order valence-corrected chi connectivity index (χ0v) is 11.4. The highest BCUT2D eigenvalue weighted by Gasteiger charge is 2.16. The van der Waals surface area contributed by atoms with Crippen LogP contribution in [-0.2, 0) is 0 Å². The highest BCUT2D eigenvalue weighted by molar-refractivity contribution is 6.35. The topological polar surface area (TPSA) is 72.3 Å². The highest BCUT2D eigenvalue weighted by Crippen LogP contribution is 2.34. The number of carboxylic acids is 1. The van der Waals surface area contributed by atoms with Crippen molar-refractivity contribution in [3.63, 3.8) is 0 Å². The lowest BCUT2D eigenvalue weighted by Crippen LogP contribution is -2.04. The van der Waals surface area contributed by atoms with E-state index in [0.717, 1.165) is 10.8 Å². The van der Waals surface area contributed by atoms with Crippen LogP contribution in [0.5, 0.6) is 11.6 Å². The average Bonchev–Trinajstić information content (AvgIpc) is 2.51. The molecule has 0 fully saturated rings. The van der Waals surface area contributed by atoms with Crippen LogP contribution in [0.3, 0.4) is 0 Å². The number of hydrogen-bond donors (Lipinski definition) is 1. The van der Waals surface area contributed by atoms with Gasteiger partial charge in [-0.3, -0.25) is 0 Å². The third kappa shape index (κ3) is 2.51. The maximum absolute atomic E-state index is 11.1. The van der Waals surface area contributed by atoms with Crippen molar-refractivity contribution < 1.29 is 14.6 Å². The van der Waals surface area contributed by atoms with Gasteiger partial charge in [-0.1, -0.05) is 35.9 Å². The second-order valence-corrected chi connectivity index (χ2v) is 4.62. The van der Waals surface area contributed by atoms with E-state index in [-0.39, 0.29) is 11.6 Å². The standard InChI is InChI=1S/C15H9ClN2O3/c16-11-5-6-12(10-4-2-1-3-9(10)11)21-14-13(15(19)20)17-7-8-18-14/h1-8H,(H,19,20). The molecule has 2 aromatic carbocycles. The summed E-state index contributed by atoms with van der Waals surface area (Å²) in [5, 5.41) is 11.3. The summed E-state index contributed by atoms with van der Waals surface area (Å²) < 4.78 is 5.63. The van der Waals surface area contributed by atoms with Crippen molar-refractivity contribution >= 4 is 28.3 Å². The number of carbonyl (C=O) groups is 1. The lowest BCUT2D eigenvalue weighted by Gasteiger charge is -2.10. The Balaban J connectivity index is 2.11. The smallest absolute Gasteiger partial charge is 0.360 e. The fourth-order valence-electron chi connectivity index (χ4n) is 1.97. The molecule has 5 nitrogen and oxygen atoms in total. The van der Waals surface area contributed by atoms with E-state index in [0.29, 0.717) is 10.8 Å². The van der Waals surface area contributed by atoms with Crippen molar-refractivity contribution in [1.29, 1.82) is 0 Å². The molecule has 0 saturated heterocycles. The third-order valence-corrected chi connectivity index (χ3v) is 3.23. The number of carboxylic acid groups (broad SMARTS) is 1. The molecule has 6 heteroatoms. The van der Waals surface area contributed by atoms with Crippen LogP contribution in [0.1, 0.15) is 10.5 Å². The first kappa shape index (κ1) is 13.3. The minimum atomic E-state index is -1.20. The van der Waals surface area contributed by atoms with Crippen molar-refractivity contribution in [2.75, 3.05) is 0 Å². The molecule has 0 atom stereocenters. The van der Waals surface area contributed by atoms with E-state index < -0.39 is 5.97 Å². The van der Waals surface area contributed by atoms with Crippen LogP contribution in [0, 0.1) is 0 Å². The number of aromatic nitrogens is 2. The highest BCUT2D eigenvalue weighted by atomic mass is 35.5. The molecule has 1 aromatic heterocycles. The molecule has 1 heterocycles. The largest absolute Gasteiger partial charge is 0.476 e. The lowest BCUT2D eigenvalue weighted by atomic mass is 10.1. The van der Waals surface area contributed by atoms with Crippen LogP contribution in [0.2, 0.25) is 5.02 Å². The molecule has 0 unspecified atom stereocenters.